The fraction of sp³-hybridized carbons (Fsp3) is 0.304. The lowest BCUT2D eigenvalue weighted by Crippen LogP contribution is -2.30. The summed E-state index contributed by atoms with van der Waals surface area (Å²) in [6, 6.07) is 9.85. The minimum atomic E-state index is -0.564. The summed E-state index contributed by atoms with van der Waals surface area (Å²) >= 11 is 1.35. The van der Waals surface area contributed by atoms with Gasteiger partial charge in [-0.15, -0.1) is 5.10 Å². The van der Waals surface area contributed by atoms with E-state index in [1.165, 1.54) is 35.5 Å². The van der Waals surface area contributed by atoms with Crippen LogP contribution in [0.25, 0.3) is 16.6 Å². The summed E-state index contributed by atoms with van der Waals surface area (Å²) in [6.07, 6.45) is 3.43. The molecule has 0 unspecified atom stereocenters. The topological polar surface area (TPSA) is 66.6 Å². The Kier molecular flexibility index (Phi) is 5.30. The molecule has 0 spiro atoms. The van der Waals surface area contributed by atoms with Crippen molar-refractivity contribution in [2.45, 2.75) is 36.9 Å². The summed E-state index contributed by atoms with van der Waals surface area (Å²) in [7, 11) is 0. The molecular formula is C23H23FN6OS. The second kappa shape index (κ2) is 8.14. The predicted octanol–water partition coefficient (Wildman–Crippen LogP) is 4.26. The third-order valence-corrected chi connectivity index (χ3v) is 6.57. The van der Waals surface area contributed by atoms with E-state index < -0.39 is 5.82 Å². The molecule has 4 aromatic rings. The average molecular weight is 451 g/mol. The fourth-order valence-corrected chi connectivity index (χ4v) is 4.64. The van der Waals surface area contributed by atoms with E-state index in [4.69, 9.17) is 0 Å². The van der Waals surface area contributed by atoms with E-state index >= 15 is 0 Å². The zero-order valence-electron chi connectivity index (χ0n) is 18.1. The summed E-state index contributed by atoms with van der Waals surface area (Å²) < 4.78 is 15.7. The largest absolute Gasteiger partial charge is 0.356 e. The van der Waals surface area contributed by atoms with Crippen LogP contribution in [0.3, 0.4) is 0 Å². The molecule has 1 aromatic carbocycles. The van der Waals surface area contributed by atoms with Gasteiger partial charge in [0, 0.05) is 41.2 Å². The van der Waals surface area contributed by atoms with E-state index in [0.29, 0.717) is 11.2 Å². The Hall–Kier alpha value is -3.04. The highest BCUT2D eigenvalue weighted by Gasteiger charge is 2.22. The number of benzene rings is 1. The standard InChI is InChI=1S/C23H23FN6OS/c1-14(2)28-6-7-29(13-28)18-8-16-9-19(4-5-21(16)25-11-18)32-23-26-22-20(24)10-17(15(3)31)12-30(22)27-23/h4-5,8-12,14H,6-7,13H2,1-3H3. The first-order valence-corrected chi connectivity index (χ1v) is 11.3. The number of hydrogen-bond acceptors (Lipinski definition) is 7. The third-order valence-electron chi connectivity index (χ3n) is 5.73. The maximum atomic E-state index is 14.3. The average Bonchev–Trinajstić information content (AvgIpc) is 3.40. The number of rotatable bonds is 5. The van der Waals surface area contributed by atoms with Gasteiger partial charge in [-0.05, 0) is 62.9 Å². The third kappa shape index (κ3) is 3.93. The van der Waals surface area contributed by atoms with Gasteiger partial charge >= 0.3 is 0 Å². The molecule has 0 radical (unpaired) electrons. The van der Waals surface area contributed by atoms with Gasteiger partial charge in [0.2, 0.25) is 5.16 Å². The fourth-order valence-electron chi connectivity index (χ4n) is 3.84. The quantitative estimate of drug-likeness (QED) is 0.421. The van der Waals surface area contributed by atoms with Crippen molar-refractivity contribution in [1.29, 1.82) is 0 Å². The number of ketones is 1. The summed E-state index contributed by atoms with van der Waals surface area (Å²) in [5.41, 5.74) is 2.38. The molecule has 0 aliphatic carbocycles. The van der Waals surface area contributed by atoms with E-state index in [2.05, 4.69) is 50.8 Å². The molecule has 0 amide bonds. The van der Waals surface area contributed by atoms with E-state index in [1.54, 1.807) is 0 Å². The number of carbonyl (C=O) groups excluding carboxylic acids is 1. The van der Waals surface area contributed by atoms with Crippen molar-refractivity contribution >= 4 is 39.8 Å². The highest BCUT2D eigenvalue weighted by molar-refractivity contribution is 7.99. The number of halogens is 1. The van der Waals surface area contributed by atoms with Crippen LogP contribution in [0, 0.1) is 5.82 Å². The maximum absolute atomic E-state index is 14.3. The van der Waals surface area contributed by atoms with E-state index in [1.807, 2.05) is 18.3 Å². The molecule has 5 rings (SSSR count). The lowest BCUT2D eigenvalue weighted by molar-refractivity contribution is 0.101. The molecule has 1 saturated heterocycles. The van der Waals surface area contributed by atoms with Crippen molar-refractivity contribution in [3.63, 3.8) is 0 Å². The number of Topliss-reactive ketones (excluding diaryl/α,β-unsaturated/α-hetero) is 1. The van der Waals surface area contributed by atoms with E-state index in [-0.39, 0.29) is 17.0 Å². The summed E-state index contributed by atoms with van der Waals surface area (Å²) in [4.78, 5) is 26.2. The van der Waals surface area contributed by atoms with Crippen LogP contribution in [0.1, 0.15) is 31.1 Å². The summed E-state index contributed by atoms with van der Waals surface area (Å²) in [5.74, 6) is -0.784. The van der Waals surface area contributed by atoms with Crippen molar-refractivity contribution in [2.75, 3.05) is 24.7 Å². The molecular weight excluding hydrogens is 427 g/mol. The van der Waals surface area contributed by atoms with Gasteiger partial charge in [-0.1, -0.05) is 0 Å². The van der Waals surface area contributed by atoms with Crippen LogP contribution >= 0.6 is 11.8 Å². The molecule has 0 bridgehead atoms. The molecule has 32 heavy (non-hydrogen) atoms. The predicted molar refractivity (Wildman–Crippen MR) is 123 cm³/mol. The van der Waals surface area contributed by atoms with Crippen LogP contribution in [0.4, 0.5) is 10.1 Å². The van der Waals surface area contributed by atoms with Crippen LogP contribution in [0.2, 0.25) is 0 Å². The Balaban J connectivity index is 1.42. The lowest BCUT2D eigenvalue weighted by Gasteiger charge is -2.22. The Morgan fingerprint density at radius 2 is 2.03 bits per heavy atom. The number of fused-ring (bicyclic) bond motifs is 2. The van der Waals surface area contributed by atoms with Gasteiger partial charge in [-0.2, -0.15) is 4.98 Å². The van der Waals surface area contributed by atoms with Gasteiger partial charge in [0.15, 0.2) is 17.2 Å². The van der Waals surface area contributed by atoms with Crippen LogP contribution in [0.15, 0.2) is 52.8 Å². The minimum absolute atomic E-state index is 0.103. The van der Waals surface area contributed by atoms with Gasteiger partial charge in [0.1, 0.15) is 0 Å². The number of hydrogen-bond donors (Lipinski definition) is 0. The maximum Gasteiger partial charge on any atom is 0.214 e. The van der Waals surface area contributed by atoms with E-state index in [0.717, 1.165) is 41.2 Å². The highest BCUT2D eigenvalue weighted by Crippen LogP contribution is 2.30. The van der Waals surface area contributed by atoms with Gasteiger partial charge < -0.3 is 4.90 Å². The second-order valence-corrected chi connectivity index (χ2v) is 9.30. The molecule has 1 fully saturated rings. The van der Waals surface area contributed by atoms with Crippen molar-refractivity contribution in [1.82, 2.24) is 24.5 Å². The number of carbonyl (C=O) groups is 1. The Morgan fingerprint density at radius 3 is 2.78 bits per heavy atom. The van der Waals surface area contributed by atoms with Crippen molar-refractivity contribution in [2.24, 2.45) is 0 Å². The molecule has 1 aliphatic heterocycles. The first-order chi connectivity index (χ1) is 15.4. The number of nitrogens with zero attached hydrogens (tertiary/aromatic N) is 6. The molecule has 0 saturated carbocycles. The zero-order chi connectivity index (χ0) is 22.4. The number of aromatic nitrogens is 4. The first-order valence-electron chi connectivity index (χ1n) is 10.5. The van der Waals surface area contributed by atoms with Gasteiger partial charge in [-0.25, -0.2) is 8.91 Å². The van der Waals surface area contributed by atoms with Crippen LogP contribution in [-0.2, 0) is 0 Å². The Bertz CT molecular complexity index is 1340. The highest BCUT2D eigenvalue weighted by atomic mass is 32.2. The lowest BCUT2D eigenvalue weighted by atomic mass is 10.2. The van der Waals surface area contributed by atoms with Crippen molar-refractivity contribution < 1.29 is 9.18 Å². The summed E-state index contributed by atoms with van der Waals surface area (Å²) in [5, 5.41) is 5.79. The van der Waals surface area contributed by atoms with Gasteiger partial charge in [0.25, 0.3) is 0 Å². The Labute approximate surface area is 189 Å². The van der Waals surface area contributed by atoms with Crippen LogP contribution in [-0.4, -0.2) is 56.1 Å². The van der Waals surface area contributed by atoms with E-state index in [9.17, 15) is 9.18 Å². The van der Waals surface area contributed by atoms with Gasteiger partial charge in [-0.3, -0.25) is 14.7 Å². The van der Waals surface area contributed by atoms with Gasteiger partial charge in [0.05, 0.1) is 24.1 Å². The monoisotopic (exact) mass is 450 g/mol. The minimum Gasteiger partial charge on any atom is -0.356 e. The molecule has 164 valence electrons. The van der Waals surface area contributed by atoms with Crippen molar-refractivity contribution in [3.8, 4) is 0 Å². The van der Waals surface area contributed by atoms with Crippen LogP contribution < -0.4 is 4.90 Å². The second-order valence-electron chi connectivity index (χ2n) is 8.26. The smallest absolute Gasteiger partial charge is 0.214 e. The molecule has 4 heterocycles. The van der Waals surface area contributed by atoms with Crippen molar-refractivity contribution in [3.05, 3.63) is 54.1 Å². The number of anilines is 1. The summed E-state index contributed by atoms with van der Waals surface area (Å²) in [6.45, 7) is 8.76. The molecule has 0 N–H and O–H groups in total. The first kappa shape index (κ1) is 20.8. The molecule has 7 nitrogen and oxygen atoms in total. The Morgan fingerprint density at radius 1 is 1.19 bits per heavy atom. The van der Waals surface area contributed by atoms with Crippen LogP contribution in [0.5, 0.6) is 0 Å². The molecule has 9 heteroatoms. The zero-order valence-corrected chi connectivity index (χ0v) is 18.9. The number of pyridine rings is 2. The molecule has 1 aliphatic rings. The molecule has 0 atom stereocenters. The normalized spacial score (nSPS) is 14.8. The SMILES string of the molecule is CC(=O)c1cc(F)c2nc(Sc3ccc4ncc(N5CCN(C(C)C)C5)cc4c3)nn2c1. The molecule has 3 aromatic heterocycles.